The van der Waals surface area contributed by atoms with E-state index < -0.39 is 23.5 Å². The van der Waals surface area contributed by atoms with Crippen molar-refractivity contribution in [2.24, 2.45) is 5.41 Å². The topological polar surface area (TPSA) is 114 Å². The number of carboxylic acid groups (broad SMARTS) is 1. The standard InChI is InChI=1S/C27H32N2O6/c1-27(25(31)32)17-34-16-23(27)29-24(30)13-3-2-8-14-28-26(33)35-15-22-20-11-6-4-9-18(20)19-10-5-7-12-21(19)22/h4-7,9-12,22-23H,2-3,8,13-17H2,1H3,(H,28,33)(H,29,30)(H,31,32). The number of unbranched alkanes of at least 4 members (excludes halogenated alkanes) is 2. The van der Waals surface area contributed by atoms with Gasteiger partial charge in [-0.3, -0.25) is 9.59 Å². The average Bonchev–Trinajstić information content (AvgIpc) is 3.38. The molecule has 1 aliphatic carbocycles. The van der Waals surface area contributed by atoms with Crippen LogP contribution in [0.15, 0.2) is 48.5 Å². The minimum Gasteiger partial charge on any atom is -0.481 e. The zero-order valence-electron chi connectivity index (χ0n) is 19.9. The van der Waals surface area contributed by atoms with Gasteiger partial charge in [0.15, 0.2) is 0 Å². The fourth-order valence-corrected chi connectivity index (χ4v) is 4.78. The lowest BCUT2D eigenvalue weighted by molar-refractivity contribution is -0.149. The van der Waals surface area contributed by atoms with Crippen LogP contribution in [-0.2, 0) is 19.1 Å². The highest BCUT2D eigenvalue weighted by atomic mass is 16.5. The molecule has 186 valence electrons. The van der Waals surface area contributed by atoms with Gasteiger partial charge < -0.3 is 25.2 Å². The van der Waals surface area contributed by atoms with Gasteiger partial charge in [0.05, 0.1) is 19.3 Å². The van der Waals surface area contributed by atoms with Gasteiger partial charge in [-0.2, -0.15) is 0 Å². The number of alkyl carbamates (subject to hydrolysis) is 1. The van der Waals surface area contributed by atoms with Crippen LogP contribution in [-0.4, -0.2) is 55.5 Å². The van der Waals surface area contributed by atoms with Crippen LogP contribution in [0.1, 0.15) is 49.7 Å². The molecule has 0 radical (unpaired) electrons. The summed E-state index contributed by atoms with van der Waals surface area (Å²) in [5, 5.41) is 14.9. The van der Waals surface area contributed by atoms with Crippen molar-refractivity contribution < 1.29 is 29.0 Å². The maximum atomic E-state index is 12.2. The molecule has 0 aromatic heterocycles. The van der Waals surface area contributed by atoms with Crippen molar-refractivity contribution in [3.63, 3.8) is 0 Å². The summed E-state index contributed by atoms with van der Waals surface area (Å²) in [7, 11) is 0. The molecule has 1 saturated heterocycles. The lowest BCUT2D eigenvalue weighted by Crippen LogP contribution is -2.49. The first-order chi connectivity index (χ1) is 16.9. The zero-order valence-corrected chi connectivity index (χ0v) is 19.9. The molecule has 1 aliphatic heterocycles. The Hall–Kier alpha value is -3.39. The molecule has 0 bridgehead atoms. The van der Waals surface area contributed by atoms with Crippen molar-refractivity contribution in [3.8, 4) is 11.1 Å². The van der Waals surface area contributed by atoms with Crippen molar-refractivity contribution in [2.45, 2.75) is 44.6 Å². The first-order valence-corrected chi connectivity index (χ1v) is 12.1. The van der Waals surface area contributed by atoms with Gasteiger partial charge in [-0.25, -0.2) is 4.79 Å². The Balaban J connectivity index is 1.13. The Bertz CT molecular complexity index is 1040. The minimum atomic E-state index is -1.09. The third kappa shape index (κ3) is 5.48. The Labute approximate surface area is 205 Å². The maximum absolute atomic E-state index is 12.2. The number of amides is 2. The SMILES string of the molecule is CC1(C(=O)O)COCC1NC(=O)CCCCCNC(=O)OCC1c2ccccc2-c2ccccc21. The molecule has 2 aliphatic rings. The van der Waals surface area contributed by atoms with Crippen molar-refractivity contribution in [3.05, 3.63) is 59.7 Å². The van der Waals surface area contributed by atoms with Gasteiger partial charge in [-0.15, -0.1) is 0 Å². The summed E-state index contributed by atoms with van der Waals surface area (Å²) in [4.78, 5) is 35.9. The third-order valence-corrected chi connectivity index (χ3v) is 6.97. The molecule has 0 spiro atoms. The van der Waals surface area contributed by atoms with Gasteiger partial charge in [0.1, 0.15) is 12.0 Å². The number of carboxylic acids is 1. The monoisotopic (exact) mass is 480 g/mol. The van der Waals surface area contributed by atoms with E-state index in [2.05, 4.69) is 34.9 Å². The van der Waals surface area contributed by atoms with Crippen LogP contribution < -0.4 is 10.6 Å². The van der Waals surface area contributed by atoms with Crippen molar-refractivity contribution in [2.75, 3.05) is 26.4 Å². The van der Waals surface area contributed by atoms with Gasteiger partial charge in [-0.1, -0.05) is 55.0 Å². The van der Waals surface area contributed by atoms with Gasteiger partial charge in [-0.05, 0) is 42.0 Å². The van der Waals surface area contributed by atoms with E-state index in [1.165, 1.54) is 22.3 Å². The van der Waals surface area contributed by atoms with E-state index in [0.29, 0.717) is 19.4 Å². The second-order valence-electron chi connectivity index (χ2n) is 9.42. The Kier molecular flexibility index (Phi) is 7.70. The lowest BCUT2D eigenvalue weighted by Gasteiger charge is -2.25. The van der Waals surface area contributed by atoms with Crippen molar-refractivity contribution in [1.29, 1.82) is 0 Å². The molecule has 2 aromatic carbocycles. The highest BCUT2D eigenvalue weighted by Crippen LogP contribution is 2.44. The van der Waals surface area contributed by atoms with Crippen LogP contribution in [0.5, 0.6) is 0 Å². The summed E-state index contributed by atoms with van der Waals surface area (Å²) in [5.74, 6) is -1.13. The number of aliphatic carboxylic acids is 1. The number of ether oxygens (including phenoxy) is 2. The Morgan fingerprint density at radius 1 is 1.03 bits per heavy atom. The number of hydrogen-bond donors (Lipinski definition) is 3. The number of rotatable bonds is 10. The third-order valence-electron chi connectivity index (χ3n) is 6.97. The average molecular weight is 481 g/mol. The van der Waals surface area contributed by atoms with E-state index >= 15 is 0 Å². The Morgan fingerprint density at radius 2 is 1.69 bits per heavy atom. The first-order valence-electron chi connectivity index (χ1n) is 12.1. The molecule has 2 amide bonds. The van der Waals surface area contributed by atoms with Crippen LogP contribution in [0, 0.1) is 5.41 Å². The number of nitrogens with one attached hydrogen (secondary N) is 2. The molecular weight excluding hydrogens is 448 g/mol. The van der Waals surface area contributed by atoms with Crippen molar-refractivity contribution in [1.82, 2.24) is 10.6 Å². The Morgan fingerprint density at radius 3 is 2.34 bits per heavy atom. The lowest BCUT2D eigenvalue weighted by atomic mass is 9.85. The normalized spacial score (nSPS) is 20.7. The van der Waals surface area contributed by atoms with Gasteiger partial charge in [0, 0.05) is 18.9 Å². The number of benzene rings is 2. The van der Waals surface area contributed by atoms with Gasteiger partial charge >= 0.3 is 12.1 Å². The molecule has 8 heteroatoms. The summed E-state index contributed by atoms with van der Waals surface area (Å²) in [6.07, 6.45) is 1.98. The number of carbonyl (C=O) groups is 3. The van der Waals surface area contributed by atoms with Crippen LogP contribution in [0.3, 0.4) is 0 Å². The largest absolute Gasteiger partial charge is 0.481 e. The summed E-state index contributed by atoms with van der Waals surface area (Å²) >= 11 is 0. The summed E-state index contributed by atoms with van der Waals surface area (Å²) in [6.45, 7) is 2.63. The molecule has 4 rings (SSSR count). The zero-order chi connectivity index (χ0) is 24.8. The molecule has 8 nitrogen and oxygen atoms in total. The molecule has 2 unspecified atom stereocenters. The van der Waals surface area contributed by atoms with E-state index in [0.717, 1.165) is 12.8 Å². The van der Waals surface area contributed by atoms with Crippen LogP contribution in [0.4, 0.5) is 4.79 Å². The minimum absolute atomic E-state index is 0.0277. The number of hydrogen-bond acceptors (Lipinski definition) is 5. The summed E-state index contributed by atoms with van der Waals surface area (Å²) in [6, 6.07) is 15.9. The highest BCUT2D eigenvalue weighted by Gasteiger charge is 2.47. The van der Waals surface area contributed by atoms with Gasteiger partial charge in [0.2, 0.25) is 5.91 Å². The fourth-order valence-electron chi connectivity index (χ4n) is 4.78. The second-order valence-corrected chi connectivity index (χ2v) is 9.42. The van der Waals surface area contributed by atoms with E-state index in [-0.39, 0.29) is 31.6 Å². The van der Waals surface area contributed by atoms with Crippen LogP contribution in [0.2, 0.25) is 0 Å². The van der Waals surface area contributed by atoms with Crippen molar-refractivity contribution >= 4 is 18.0 Å². The fraction of sp³-hybridized carbons (Fsp3) is 0.444. The molecular formula is C27H32N2O6. The molecule has 0 saturated carbocycles. The van der Waals surface area contributed by atoms with Crippen LogP contribution >= 0.6 is 0 Å². The molecule has 1 fully saturated rings. The summed E-state index contributed by atoms with van der Waals surface area (Å²) < 4.78 is 10.8. The predicted molar refractivity (Wildman–Crippen MR) is 130 cm³/mol. The molecule has 2 aromatic rings. The highest BCUT2D eigenvalue weighted by molar-refractivity contribution is 5.80. The molecule has 3 N–H and O–H groups in total. The number of carbonyl (C=O) groups excluding carboxylic acids is 2. The van der Waals surface area contributed by atoms with E-state index in [4.69, 9.17) is 9.47 Å². The van der Waals surface area contributed by atoms with E-state index in [9.17, 15) is 19.5 Å². The molecule has 1 heterocycles. The molecule has 35 heavy (non-hydrogen) atoms. The van der Waals surface area contributed by atoms with E-state index in [1.54, 1.807) is 6.92 Å². The maximum Gasteiger partial charge on any atom is 0.407 e. The molecule has 2 atom stereocenters. The summed E-state index contributed by atoms with van der Waals surface area (Å²) in [5.41, 5.74) is 3.63. The smallest absolute Gasteiger partial charge is 0.407 e. The quantitative estimate of drug-likeness (QED) is 0.447. The second kappa shape index (κ2) is 10.9. The van der Waals surface area contributed by atoms with Crippen LogP contribution in [0.25, 0.3) is 11.1 Å². The first kappa shape index (κ1) is 24.7. The predicted octanol–water partition coefficient (Wildman–Crippen LogP) is 3.69. The van der Waals surface area contributed by atoms with E-state index in [1.807, 2.05) is 24.3 Å². The number of fused-ring (bicyclic) bond motifs is 3. The van der Waals surface area contributed by atoms with Gasteiger partial charge in [0.25, 0.3) is 0 Å².